The Hall–Kier alpha value is -1.75. The summed E-state index contributed by atoms with van der Waals surface area (Å²) in [6, 6.07) is 3.92. The van der Waals surface area contributed by atoms with Gasteiger partial charge in [0.2, 0.25) is 5.91 Å². The molecule has 4 rings (SSSR count). The molecular weight excluding hydrogens is 288 g/mol. The highest BCUT2D eigenvalue weighted by molar-refractivity contribution is 6.31. The normalized spacial score (nSPS) is 24.9. The molecule has 0 bridgehead atoms. The highest BCUT2D eigenvalue weighted by atomic mass is 35.5. The fourth-order valence-corrected chi connectivity index (χ4v) is 3.92. The third-order valence-corrected chi connectivity index (χ3v) is 4.99. The number of benzene rings is 1. The molecular formula is C15H17ClN4O. The van der Waals surface area contributed by atoms with Gasteiger partial charge in [0.1, 0.15) is 0 Å². The van der Waals surface area contributed by atoms with Crippen molar-refractivity contribution in [3.63, 3.8) is 0 Å². The molecule has 5 nitrogen and oxygen atoms in total. The van der Waals surface area contributed by atoms with Crippen LogP contribution in [0.2, 0.25) is 5.02 Å². The van der Waals surface area contributed by atoms with Gasteiger partial charge in [-0.1, -0.05) is 11.6 Å². The lowest BCUT2D eigenvalue weighted by Crippen LogP contribution is -2.31. The maximum Gasteiger partial charge on any atom is 0.219 e. The monoisotopic (exact) mass is 304 g/mol. The Morgan fingerprint density at radius 1 is 1.29 bits per heavy atom. The second-order valence-corrected chi connectivity index (χ2v) is 6.54. The van der Waals surface area contributed by atoms with E-state index in [1.807, 2.05) is 23.2 Å². The van der Waals surface area contributed by atoms with E-state index in [2.05, 4.69) is 15.1 Å². The number of amides is 1. The van der Waals surface area contributed by atoms with Crippen LogP contribution in [0.5, 0.6) is 0 Å². The predicted molar refractivity (Wildman–Crippen MR) is 82.6 cm³/mol. The van der Waals surface area contributed by atoms with Gasteiger partial charge < -0.3 is 9.80 Å². The minimum atomic E-state index is 0.191. The number of carbonyl (C=O) groups is 1. The Labute approximate surface area is 127 Å². The number of likely N-dealkylation sites (tertiary alicyclic amines) is 1. The Balaban J connectivity index is 1.62. The summed E-state index contributed by atoms with van der Waals surface area (Å²) in [5, 5.41) is 8.94. The Bertz CT molecular complexity index is 699. The molecule has 2 aliphatic heterocycles. The van der Waals surface area contributed by atoms with Crippen molar-refractivity contribution in [3.05, 3.63) is 23.4 Å². The summed E-state index contributed by atoms with van der Waals surface area (Å²) in [5.74, 6) is 1.32. The molecule has 2 aliphatic rings. The van der Waals surface area contributed by atoms with Crippen LogP contribution in [0.3, 0.4) is 0 Å². The van der Waals surface area contributed by atoms with E-state index < -0.39 is 0 Å². The summed E-state index contributed by atoms with van der Waals surface area (Å²) in [6.45, 7) is 5.38. The number of anilines is 1. The molecule has 0 radical (unpaired) electrons. The molecule has 1 amide bonds. The molecule has 21 heavy (non-hydrogen) atoms. The van der Waals surface area contributed by atoms with Crippen LogP contribution < -0.4 is 4.90 Å². The molecule has 110 valence electrons. The Kier molecular flexibility index (Phi) is 2.85. The van der Waals surface area contributed by atoms with Gasteiger partial charge in [0.05, 0.1) is 11.7 Å². The minimum absolute atomic E-state index is 0.191. The van der Waals surface area contributed by atoms with Gasteiger partial charge in [-0.3, -0.25) is 9.89 Å². The van der Waals surface area contributed by atoms with Crippen LogP contribution in [-0.2, 0) is 4.79 Å². The van der Waals surface area contributed by atoms with Crippen LogP contribution in [0.25, 0.3) is 10.9 Å². The van der Waals surface area contributed by atoms with Gasteiger partial charge in [-0.15, -0.1) is 0 Å². The summed E-state index contributed by atoms with van der Waals surface area (Å²) >= 11 is 6.22. The lowest BCUT2D eigenvalue weighted by molar-refractivity contribution is -0.128. The fourth-order valence-electron chi connectivity index (χ4n) is 3.71. The first-order chi connectivity index (χ1) is 10.1. The first-order valence-corrected chi connectivity index (χ1v) is 7.62. The maximum atomic E-state index is 11.5. The highest BCUT2D eigenvalue weighted by Gasteiger charge is 2.41. The summed E-state index contributed by atoms with van der Waals surface area (Å²) in [5.41, 5.74) is 2.12. The molecule has 1 aromatic carbocycles. The van der Waals surface area contributed by atoms with E-state index in [0.29, 0.717) is 11.8 Å². The smallest absolute Gasteiger partial charge is 0.219 e. The van der Waals surface area contributed by atoms with E-state index in [1.165, 1.54) is 0 Å². The number of carbonyl (C=O) groups excluding carboxylic acids is 1. The highest BCUT2D eigenvalue weighted by Crippen LogP contribution is 2.37. The lowest BCUT2D eigenvalue weighted by Gasteiger charge is -2.23. The van der Waals surface area contributed by atoms with Crippen molar-refractivity contribution in [2.24, 2.45) is 11.8 Å². The number of fused-ring (bicyclic) bond motifs is 2. The average Bonchev–Trinajstić information content (AvgIpc) is 3.09. The van der Waals surface area contributed by atoms with Crippen molar-refractivity contribution in [2.75, 3.05) is 31.1 Å². The van der Waals surface area contributed by atoms with Crippen LogP contribution in [0.15, 0.2) is 18.3 Å². The largest absolute Gasteiger partial charge is 0.370 e. The molecule has 2 aromatic rings. The first kappa shape index (κ1) is 13.0. The zero-order valence-electron chi connectivity index (χ0n) is 11.8. The molecule has 6 heteroatoms. The first-order valence-electron chi connectivity index (χ1n) is 7.25. The van der Waals surface area contributed by atoms with Gasteiger partial charge in [-0.2, -0.15) is 5.10 Å². The molecule has 1 aromatic heterocycles. The number of nitrogens with zero attached hydrogens (tertiary/aromatic N) is 3. The molecule has 3 heterocycles. The Morgan fingerprint density at radius 2 is 2.00 bits per heavy atom. The molecule has 0 aliphatic carbocycles. The molecule has 0 unspecified atom stereocenters. The average molecular weight is 305 g/mol. The van der Waals surface area contributed by atoms with Crippen molar-refractivity contribution in [3.8, 4) is 0 Å². The lowest BCUT2D eigenvalue weighted by atomic mass is 10.0. The quantitative estimate of drug-likeness (QED) is 0.878. The third kappa shape index (κ3) is 2.07. The SMILES string of the molecule is CC(=O)N1C[C@@H]2CN(c3cc(Cl)cc4[nH]ncc34)C[C@@H]2C1. The fraction of sp³-hybridized carbons (Fsp3) is 0.467. The van der Waals surface area contributed by atoms with Gasteiger partial charge in [-0.05, 0) is 12.1 Å². The second-order valence-electron chi connectivity index (χ2n) is 6.11. The van der Waals surface area contributed by atoms with Crippen molar-refractivity contribution in [1.82, 2.24) is 15.1 Å². The number of rotatable bonds is 1. The van der Waals surface area contributed by atoms with Crippen molar-refractivity contribution < 1.29 is 4.79 Å². The number of nitrogens with one attached hydrogen (secondary N) is 1. The standard InChI is InChI=1S/C15H17ClN4O/c1-9(21)19-5-10-7-20(8-11(10)6-19)15-3-12(16)2-14-13(15)4-17-18-14/h2-4,10-11H,5-8H2,1H3,(H,17,18)/t10-,11+. The van der Waals surface area contributed by atoms with Gasteiger partial charge in [0, 0.05) is 61.0 Å². The van der Waals surface area contributed by atoms with Gasteiger partial charge in [0.15, 0.2) is 0 Å². The van der Waals surface area contributed by atoms with Crippen LogP contribution >= 0.6 is 11.6 Å². The van der Waals surface area contributed by atoms with Crippen LogP contribution in [0.1, 0.15) is 6.92 Å². The summed E-state index contributed by atoms with van der Waals surface area (Å²) in [7, 11) is 0. The summed E-state index contributed by atoms with van der Waals surface area (Å²) in [6.07, 6.45) is 1.86. The molecule has 2 fully saturated rings. The van der Waals surface area contributed by atoms with E-state index in [1.54, 1.807) is 6.92 Å². The van der Waals surface area contributed by atoms with Crippen molar-refractivity contribution in [1.29, 1.82) is 0 Å². The molecule has 0 spiro atoms. The van der Waals surface area contributed by atoms with E-state index >= 15 is 0 Å². The van der Waals surface area contributed by atoms with Crippen LogP contribution in [0, 0.1) is 11.8 Å². The number of halogens is 1. The summed E-state index contributed by atoms with van der Waals surface area (Å²) < 4.78 is 0. The van der Waals surface area contributed by atoms with Crippen LogP contribution in [-0.4, -0.2) is 47.2 Å². The Morgan fingerprint density at radius 3 is 2.67 bits per heavy atom. The topological polar surface area (TPSA) is 52.2 Å². The van der Waals surface area contributed by atoms with E-state index in [9.17, 15) is 4.79 Å². The number of hydrogen-bond donors (Lipinski definition) is 1. The van der Waals surface area contributed by atoms with Crippen molar-refractivity contribution in [2.45, 2.75) is 6.92 Å². The number of aromatic nitrogens is 2. The van der Waals surface area contributed by atoms with Gasteiger partial charge >= 0.3 is 0 Å². The predicted octanol–water partition coefficient (Wildman–Crippen LogP) is 2.13. The van der Waals surface area contributed by atoms with E-state index in [0.717, 1.165) is 47.8 Å². The van der Waals surface area contributed by atoms with Gasteiger partial charge in [-0.25, -0.2) is 0 Å². The molecule has 1 N–H and O–H groups in total. The van der Waals surface area contributed by atoms with Crippen molar-refractivity contribution >= 4 is 34.1 Å². The van der Waals surface area contributed by atoms with E-state index in [-0.39, 0.29) is 5.91 Å². The molecule has 0 saturated carbocycles. The third-order valence-electron chi connectivity index (χ3n) is 4.77. The maximum absolute atomic E-state index is 11.5. The number of aromatic amines is 1. The second kappa shape index (κ2) is 4.63. The number of H-pyrrole nitrogens is 1. The number of hydrogen-bond acceptors (Lipinski definition) is 3. The zero-order valence-corrected chi connectivity index (χ0v) is 12.6. The summed E-state index contributed by atoms with van der Waals surface area (Å²) in [4.78, 5) is 15.9. The van der Waals surface area contributed by atoms with E-state index in [4.69, 9.17) is 11.6 Å². The molecule has 2 atom stereocenters. The van der Waals surface area contributed by atoms with Crippen LogP contribution in [0.4, 0.5) is 5.69 Å². The zero-order chi connectivity index (χ0) is 14.6. The molecule has 2 saturated heterocycles. The van der Waals surface area contributed by atoms with Gasteiger partial charge in [0.25, 0.3) is 0 Å². The minimum Gasteiger partial charge on any atom is -0.370 e.